The first-order valence-electron chi connectivity index (χ1n) is 10.4. The first-order valence-corrected chi connectivity index (χ1v) is 11.2. The number of aromatic nitrogens is 2. The summed E-state index contributed by atoms with van der Waals surface area (Å²) in [5.74, 6) is 0.803. The molecule has 0 saturated carbocycles. The van der Waals surface area contributed by atoms with Crippen molar-refractivity contribution >= 4 is 38.7 Å². The van der Waals surface area contributed by atoms with E-state index in [-0.39, 0.29) is 5.56 Å². The molecule has 0 aliphatic heterocycles. The van der Waals surface area contributed by atoms with Crippen molar-refractivity contribution in [1.82, 2.24) is 9.38 Å². The molecule has 3 aromatic carbocycles. The lowest BCUT2D eigenvalue weighted by molar-refractivity contribution is 0.411. The number of thiazole rings is 1. The molecule has 6 heteroatoms. The van der Waals surface area contributed by atoms with Crippen molar-refractivity contribution < 1.29 is 4.74 Å². The van der Waals surface area contributed by atoms with Crippen LogP contribution in [0.4, 0.5) is 0 Å². The Morgan fingerprint density at radius 1 is 1.03 bits per heavy atom. The van der Waals surface area contributed by atoms with Gasteiger partial charge in [-0.1, -0.05) is 53.8 Å². The van der Waals surface area contributed by atoms with E-state index < -0.39 is 0 Å². The number of hydrogen-bond donors (Lipinski definition) is 0. The number of para-hydroxylation sites is 1. The molecule has 0 unspecified atom stereocenters. The highest BCUT2D eigenvalue weighted by molar-refractivity contribution is 7.23. The summed E-state index contributed by atoms with van der Waals surface area (Å²) < 4.78 is 8.10. The lowest BCUT2D eigenvalue weighted by Crippen LogP contribution is -2.17. The first kappa shape index (κ1) is 20.7. The molecule has 2 heterocycles. The van der Waals surface area contributed by atoms with Crippen LogP contribution >= 0.6 is 11.3 Å². The van der Waals surface area contributed by atoms with Gasteiger partial charge in [0.05, 0.1) is 40.2 Å². The fourth-order valence-corrected chi connectivity index (χ4v) is 4.95. The molecule has 0 amide bonds. The van der Waals surface area contributed by atoms with E-state index >= 15 is 0 Å². The molecule has 5 aromatic rings. The van der Waals surface area contributed by atoms with Crippen molar-refractivity contribution in [1.29, 1.82) is 5.26 Å². The van der Waals surface area contributed by atoms with Gasteiger partial charge in [-0.2, -0.15) is 5.26 Å². The standard InChI is InChI=1S/C27H19N3O2S/c1-17-19(6-5-8-23(17)32-2)14-15-21-25(20-12-10-18(16-28)11-13-20)26(31)30-22-7-3-4-9-24(22)33-27(30)29-21/h3-15H,1-2H3/b15-14+. The van der Waals surface area contributed by atoms with Gasteiger partial charge in [-0.05, 0) is 60.0 Å². The smallest absolute Gasteiger partial charge is 0.267 e. The molecule has 5 nitrogen and oxygen atoms in total. The highest BCUT2D eigenvalue weighted by Crippen LogP contribution is 2.29. The van der Waals surface area contributed by atoms with Gasteiger partial charge in [-0.25, -0.2) is 4.98 Å². The molecule has 0 N–H and O–H groups in total. The first-order chi connectivity index (χ1) is 16.1. The summed E-state index contributed by atoms with van der Waals surface area (Å²) in [4.78, 5) is 19.3. The third-order valence-electron chi connectivity index (χ3n) is 5.66. The zero-order chi connectivity index (χ0) is 22.9. The highest BCUT2D eigenvalue weighted by atomic mass is 32.1. The average molecular weight is 450 g/mol. The molecule has 0 saturated heterocycles. The van der Waals surface area contributed by atoms with E-state index in [0.717, 1.165) is 32.7 Å². The predicted molar refractivity (Wildman–Crippen MR) is 134 cm³/mol. The van der Waals surface area contributed by atoms with E-state index in [1.54, 1.807) is 35.8 Å². The Bertz CT molecular complexity index is 1640. The van der Waals surface area contributed by atoms with Crippen molar-refractivity contribution in [3.05, 3.63) is 99.5 Å². The van der Waals surface area contributed by atoms with Crippen LogP contribution in [0.2, 0.25) is 0 Å². The number of nitriles is 1. The number of hydrogen-bond acceptors (Lipinski definition) is 5. The van der Waals surface area contributed by atoms with E-state index in [4.69, 9.17) is 9.72 Å². The summed E-state index contributed by atoms with van der Waals surface area (Å²) in [7, 11) is 1.65. The van der Waals surface area contributed by atoms with Crippen LogP contribution in [0, 0.1) is 18.3 Å². The summed E-state index contributed by atoms with van der Waals surface area (Å²) >= 11 is 1.49. The topological polar surface area (TPSA) is 67.4 Å². The van der Waals surface area contributed by atoms with Crippen molar-refractivity contribution in [2.45, 2.75) is 6.92 Å². The zero-order valence-electron chi connectivity index (χ0n) is 18.1. The van der Waals surface area contributed by atoms with Gasteiger partial charge in [0.25, 0.3) is 5.56 Å². The molecular weight excluding hydrogens is 430 g/mol. The van der Waals surface area contributed by atoms with E-state index in [0.29, 0.717) is 21.8 Å². The third kappa shape index (κ3) is 3.59. The second-order valence-electron chi connectivity index (χ2n) is 7.56. The van der Waals surface area contributed by atoms with Gasteiger partial charge in [0.2, 0.25) is 0 Å². The van der Waals surface area contributed by atoms with Gasteiger partial charge >= 0.3 is 0 Å². The molecule has 0 aliphatic rings. The summed E-state index contributed by atoms with van der Waals surface area (Å²) in [6.07, 6.45) is 3.83. The third-order valence-corrected chi connectivity index (χ3v) is 6.68. The maximum atomic E-state index is 13.8. The SMILES string of the molecule is COc1cccc(/C=C/c2nc3sc4ccccc4n3c(=O)c2-c2ccc(C#N)cc2)c1C. The van der Waals surface area contributed by atoms with E-state index in [1.165, 1.54) is 11.3 Å². The largest absolute Gasteiger partial charge is 0.496 e. The number of benzene rings is 3. The number of methoxy groups -OCH3 is 1. The monoisotopic (exact) mass is 449 g/mol. The second-order valence-corrected chi connectivity index (χ2v) is 8.57. The minimum Gasteiger partial charge on any atom is -0.496 e. The van der Waals surface area contributed by atoms with Crippen LogP contribution in [0.3, 0.4) is 0 Å². The van der Waals surface area contributed by atoms with Gasteiger partial charge in [-0.15, -0.1) is 0 Å². The van der Waals surface area contributed by atoms with Crippen LogP contribution in [0.15, 0.2) is 71.5 Å². The molecule has 0 spiro atoms. The lowest BCUT2D eigenvalue weighted by Gasteiger charge is -2.09. The molecular formula is C27H19N3O2S. The summed E-state index contributed by atoms with van der Waals surface area (Å²) in [5.41, 5.74) is 5.04. The summed E-state index contributed by atoms with van der Waals surface area (Å²) in [6.45, 7) is 2.00. The molecule has 33 heavy (non-hydrogen) atoms. The Morgan fingerprint density at radius 3 is 2.58 bits per heavy atom. The molecule has 160 valence electrons. The fourth-order valence-electron chi connectivity index (χ4n) is 3.93. The van der Waals surface area contributed by atoms with E-state index in [2.05, 4.69) is 6.07 Å². The molecule has 0 radical (unpaired) electrons. The number of nitrogens with zero attached hydrogens (tertiary/aromatic N) is 3. The van der Waals surface area contributed by atoms with Crippen LogP contribution in [0.25, 0.3) is 38.5 Å². The van der Waals surface area contributed by atoms with Crippen LogP contribution < -0.4 is 10.3 Å². The minimum atomic E-state index is -0.135. The molecule has 0 fully saturated rings. The van der Waals surface area contributed by atoms with Crippen LogP contribution in [-0.2, 0) is 0 Å². The zero-order valence-corrected chi connectivity index (χ0v) is 18.9. The van der Waals surface area contributed by atoms with Crippen LogP contribution in [-0.4, -0.2) is 16.5 Å². The maximum absolute atomic E-state index is 13.8. The number of fused-ring (bicyclic) bond motifs is 3. The Hall–Kier alpha value is -4.21. The van der Waals surface area contributed by atoms with Gasteiger partial charge in [0, 0.05) is 0 Å². The lowest BCUT2D eigenvalue weighted by atomic mass is 10.0. The summed E-state index contributed by atoms with van der Waals surface area (Å²) in [5, 5.41) is 9.17. The van der Waals surface area contributed by atoms with E-state index in [9.17, 15) is 10.1 Å². The number of rotatable bonds is 4. The molecule has 0 aliphatic carbocycles. The Morgan fingerprint density at radius 2 is 1.82 bits per heavy atom. The van der Waals surface area contributed by atoms with Gasteiger partial charge in [-0.3, -0.25) is 9.20 Å². The average Bonchev–Trinajstić information content (AvgIpc) is 3.22. The molecule has 0 bridgehead atoms. The molecule has 2 aromatic heterocycles. The fraction of sp³-hybridized carbons (Fsp3) is 0.0741. The van der Waals surface area contributed by atoms with Crippen molar-refractivity contribution in [3.63, 3.8) is 0 Å². The van der Waals surface area contributed by atoms with Crippen LogP contribution in [0.1, 0.15) is 22.4 Å². The predicted octanol–water partition coefficient (Wildman–Crippen LogP) is 5.94. The molecule has 0 atom stereocenters. The van der Waals surface area contributed by atoms with Crippen molar-refractivity contribution in [2.75, 3.05) is 7.11 Å². The van der Waals surface area contributed by atoms with Crippen molar-refractivity contribution in [3.8, 4) is 22.9 Å². The second kappa shape index (κ2) is 8.38. The van der Waals surface area contributed by atoms with Crippen molar-refractivity contribution in [2.24, 2.45) is 0 Å². The Kier molecular flexibility index (Phi) is 5.25. The number of ether oxygens (including phenoxy) is 1. The van der Waals surface area contributed by atoms with E-state index in [1.807, 2.05) is 61.5 Å². The Balaban J connectivity index is 1.77. The van der Waals surface area contributed by atoms with Gasteiger partial charge in [0.1, 0.15) is 5.75 Å². The normalized spacial score (nSPS) is 11.3. The highest BCUT2D eigenvalue weighted by Gasteiger charge is 2.17. The minimum absolute atomic E-state index is 0.135. The summed E-state index contributed by atoms with van der Waals surface area (Å²) in [6, 6.07) is 22.8. The Labute approximate surface area is 194 Å². The van der Waals surface area contributed by atoms with Gasteiger partial charge in [0.15, 0.2) is 4.96 Å². The molecule has 5 rings (SSSR count). The quantitative estimate of drug-likeness (QED) is 0.341. The maximum Gasteiger partial charge on any atom is 0.267 e. The van der Waals surface area contributed by atoms with Gasteiger partial charge < -0.3 is 4.74 Å². The van der Waals surface area contributed by atoms with Crippen LogP contribution in [0.5, 0.6) is 5.75 Å².